The quantitative estimate of drug-likeness (QED) is 0.367. The van der Waals surface area contributed by atoms with E-state index in [4.69, 9.17) is 0 Å². The van der Waals surface area contributed by atoms with Gasteiger partial charge in [0.25, 0.3) is 0 Å². The van der Waals surface area contributed by atoms with E-state index in [9.17, 15) is 13.9 Å². The molecule has 2 N–H and O–H groups in total. The van der Waals surface area contributed by atoms with Gasteiger partial charge in [0.2, 0.25) is 0 Å². The summed E-state index contributed by atoms with van der Waals surface area (Å²) in [5.41, 5.74) is -2.37. The molecule has 3 heterocycles. The minimum Gasteiger partial charge on any atom is -0.377 e. The largest absolute Gasteiger partial charge is 0.377 e. The molecule has 1 atom stereocenters. The smallest absolute Gasteiger partial charge is 0.323 e. The standard InChI is InChI=1S/C25H23F4N7O/c26-19-4-7-21(22(27)13-19)24(37,15-36-16-32-33-34-36)25(28,29)23-8-3-18(14-31-23)17-1-5-20(6-2-17)35-11-9-30-10-12-35/h1-8,13-14,16,30,37H,9-12,15H2. The number of rotatable bonds is 7. The second-order valence-corrected chi connectivity index (χ2v) is 8.78. The van der Waals surface area contributed by atoms with E-state index in [2.05, 4.69) is 30.7 Å². The van der Waals surface area contributed by atoms with Gasteiger partial charge >= 0.3 is 5.92 Å². The van der Waals surface area contributed by atoms with E-state index in [0.29, 0.717) is 11.6 Å². The maximum absolute atomic E-state index is 15.9. The van der Waals surface area contributed by atoms with E-state index in [0.717, 1.165) is 66.6 Å². The molecule has 4 aromatic rings. The molecule has 1 aliphatic heterocycles. The van der Waals surface area contributed by atoms with Crippen LogP contribution in [0.5, 0.6) is 0 Å². The minimum atomic E-state index is -4.11. The fourth-order valence-electron chi connectivity index (χ4n) is 4.42. The zero-order valence-corrected chi connectivity index (χ0v) is 19.5. The molecule has 0 bridgehead atoms. The maximum atomic E-state index is 15.9. The number of halogens is 4. The van der Waals surface area contributed by atoms with E-state index in [1.807, 2.05) is 24.3 Å². The van der Waals surface area contributed by atoms with Crippen molar-refractivity contribution in [2.45, 2.75) is 18.1 Å². The summed E-state index contributed by atoms with van der Waals surface area (Å²) >= 11 is 0. The number of tetrazole rings is 1. The van der Waals surface area contributed by atoms with Gasteiger partial charge in [-0.1, -0.05) is 18.2 Å². The highest BCUT2D eigenvalue weighted by Crippen LogP contribution is 2.46. The molecule has 0 radical (unpaired) electrons. The number of anilines is 1. The lowest BCUT2D eigenvalue weighted by Crippen LogP contribution is -2.48. The first-order valence-corrected chi connectivity index (χ1v) is 11.6. The number of piperazine rings is 1. The number of nitrogens with one attached hydrogen (secondary N) is 1. The lowest BCUT2D eigenvalue weighted by atomic mass is 9.84. The summed E-state index contributed by atoms with van der Waals surface area (Å²) in [6, 6.07) is 12.2. The molecule has 192 valence electrons. The molecule has 0 spiro atoms. The van der Waals surface area contributed by atoms with Crippen LogP contribution >= 0.6 is 0 Å². The van der Waals surface area contributed by atoms with Crippen LogP contribution in [0.3, 0.4) is 0 Å². The van der Waals surface area contributed by atoms with Crippen molar-refractivity contribution in [3.63, 3.8) is 0 Å². The highest BCUT2D eigenvalue weighted by molar-refractivity contribution is 5.66. The number of benzene rings is 2. The summed E-state index contributed by atoms with van der Waals surface area (Å²) < 4.78 is 60.8. The molecule has 37 heavy (non-hydrogen) atoms. The lowest BCUT2D eigenvalue weighted by Gasteiger charge is -2.35. The molecule has 12 heteroatoms. The number of hydrogen-bond acceptors (Lipinski definition) is 7. The first-order valence-electron chi connectivity index (χ1n) is 11.6. The molecule has 1 unspecified atom stereocenters. The van der Waals surface area contributed by atoms with Crippen molar-refractivity contribution < 1.29 is 22.7 Å². The maximum Gasteiger partial charge on any atom is 0.323 e. The third-order valence-corrected chi connectivity index (χ3v) is 6.45. The number of pyridine rings is 1. The van der Waals surface area contributed by atoms with Gasteiger partial charge in [0.05, 0.1) is 6.54 Å². The van der Waals surface area contributed by atoms with Crippen LogP contribution in [0.25, 0.3) is 11.1 Å². The van der Waals surface area contributed by atoms with Crippen molar-refractivity contribution in [2.75, 3.05) is 31.1 Å². The van der Waals surface area contributed by atoms with Gasteiger partial charge in [-0.2, -0.15) is 8.78 Å². The van der Waals surface area contributed by atoms with Gasteiger partial charge < -0.3 is 15.3 Å². The molecule has 2 aromatic heterocycles. The van der Waals surface area contributed by atoms with Gasteiger partial charge in [-0.25, -0.2) is 13.5 Å². The number of nitrogens with zero attached hydrogens (tertiary/aromatic N) is 6. The van der Waals surface area contributed by atoms with Crippen LogP contribution in [0.4, 0.5) is 23.2 Å². The third kappa shape index (κ3) is 4.77. The number of hydrogen-bond donors (Lipinski definition) is 2. The Bertz CT molecular complexity index is 1340. The molecule has 1 aliphatic rings. The van der Waals surface area contributed by atoms with Crippen molar-refractivity contribution >= 4 is 5.69 Å². The van der Waals surface area contributed by atoms with Gasteiger partial charge in [0, 0.05) is 55.3 Å². The fraction of sp³-hybridized carbons (Fsp3) is 0.280. The summed E-state index contributed by atoms with van der Waals surface area (Å²) in [4.78, 5) is 6.17. The Hall–Kier alpha value is -3.90. The molecule has 0 amide bonds. The van der Waals surface area contributed by atoms with Crippen LogP contribution in [0, 0.1) is 11.6 Å². The minimum absolute atomic E-state index is 0.427. The van der Waals surface area contributed by atoms with Crippen molar-refractivity contribution in [2.24, 2.45) is 0 Å². The van der Waals surface area contributed by atoms with E-state index < -0.39 is 41.0 Å². The van der Waals surface area contributed by atoms with Crippen molar-refractivity contribution in [1.29, 1.82) is 0 Å². The Labute approximate surface area is 209 Å². The average Bonchev–Trinajstić information content (AvgIpc) is 3.42. The van der Waals surface area contributed by atoms with Gasteiger partial charge in [-0.3, -0.25) is 4.98 Å². The fourth-order valence-corrected chi connectivity index (χ4v) is 4.42. The lowest BCUT2D eigenvalue weighted by molar-refractivity contribution is -0.207. The number of aromatic nitrogens is 5. The Morgan fingerprint density at radius 1 is 0.946 bits per heavy atom. The van der Waals surface area contributed by atoms with Crippen molar-refractivity contribution in [3.8, 4) is 11.1 Å². The molecule has 8 nitrogen and oxygen atoms in total. The first kappa shape index (κ1) is 24.8. The monoisotopic (exact) mass is 513 g/mol. The molecule has 0 saturated carbocycles. The second-order valence-electron chi connectivity index (χ2n) is 8.78. The SMILES string of the molecule is OC(Cn1cnnn1)(c1ccc(F)cc1F)C(F)(F)c1ccc(-c2ccc(N3CCNCC3)cc2)cn1. The van der Waals surface area contributed by atoms with E-state index >= 15 is 8.78 Å². The summed E-state index contributed by atoms with van der Waals surface area (Å²) in [6.45, 7) is 2.69. The van der Waals surface area contributed by atoms with Gasteiger partial charge in [-0.15, -0.1) is 5.10 Å². The molecule has 1 fully saturated rings. The molecule has 2 aromatic carbocycles. The van der Waals surface area contributed by atoms with E-state index in [-0.39, 0.29) is 0 Å². The molecule has 5 rings (SSSR count). The van der Waals surface area contributed by atoms with Crippen LogP contribution in [-0.4, -0.2) is 56.5 Å². The second kappa shape index (κ2) is 9.87. The summed E-state index contributed by atoms with van der Waals surface area (Å²) in [7, 11) is 0. The zero-order valence-electron chi connectivity index (χ0n) is 19.5. The zero-order chi connectivity index (χ0) is 26.0. The van der Waals surface area contributed by atoms with Crippen LogP contribution in [0.1, 0.15) is 11.3 Å². The predicted octanol–water partition coefficient (Wildman–Crippen LogP) is 3.10. The Kier molecular flexibility index (Phi) is 6.61. The van der Waals surface area contributed by atoms with Crippen molar-refractivity contribution in [1.82, 2.24) is 30.5 Å². The van der Waals surface area contributed by atoms with Crippen LogP contribution in [0.2, 0.25) is 0 Å². The summed E-state index contributed by atoms with van der Waals surface area (Å²) in [6.07, 6.45) is 2.27. The number of alkyl halides is 2. The van der Waals surface area contributed by atoms with E-state index in [1.165, 1.54) is 12.3 Å². The topological polar surface area (TPSA) is 92.0 Å². The first-order chi connectivity index (χ1) is 17.8. The highest BCUT2D eigenvalue weighted by Gasteiger charge is 2.58. The molecule has 1 saturated heterocycles. The average molecular weight is 513 g/mol. The predicted molar refractivity (Wildman–Crippen MR) is 127 cm³/mol. The number of aliphatic hydroxyl groups is 1. The van der Waals surface area contributed by atoms with Gasteiger partial charge in [-0.05, 0) is 46.3 Å². The van der Waals surface area contributed by atoms with Crippen molar-refractivity contribution in [3.05, 3.63) is 90.0 Å². The summed E-state index contributed by atoms with van der Waals surface area (Å²) in [5.74, 6) is -6.42. The van der Waals surface area contributed by atoms with Gasteiger partial charge in [0.1, 0.15) is 23.7 Å². The van der Waals surface area contributed by atoms with Crippen LogP contribution < -0.4 is 10.2 Å². The Morgan fingerprint density at radius 2 is 1.68 bits per heavy atom. The molecular formula is C25H23F4N7O. The normalized spacial score (nSPS) is 16.0. The Balaban J connectivity index is 1.45. The van der Waals surface area contributed by atoms with Crippen LogP contribution in [-0.2, 0) is 18.1 Å². The molecular weight excluding hydrogens is 490 g/mol. The van der Waals surface area contributed by atoms with Gasteiger partial charge in [0.15, 0.2) is 5.60 Å². The Morgan fingerprint density at radius 3 is 2.30 bits per heavy atom. The summed E-state index contributed by atoms with van der Waals surface area (Å²) in [5, 5.41) is 24.8. The van der Waals surface area contributed by atoms with Crippen LogP contribution in [0.15, 0.2) is 67.1 Å². The third-order valence-electron chi connectivity index (χ3n) is 6.45. The highest BCUT2D eigenvalue weighted by atomic mass is 19.3. The molecule has 0 aliphatic carbocycles. The van der Waals surface area contributed by atoms with E-state index in [1.54, 1.807) is 0 Å².